The Morgan fingerprint density at radius 3 is 2.58 bits per heavy atom. The highest BCUT2D eigenvalue weighted by molar-refractivity contribution is 7.98. The number of carbonyl (C=O) groups is 1. The molecule has 1 fully saturated rings. The first-order valence-electron chi connectivity index (χ1n) is 8.21. The fourth-order valence-corrected chi connectivity index (χ4v) is 3.53. The summed E-state index contributed by atoms with van der Waals surface area (Å²) in [7, 11) is 0. The van der Waals surface area contributed by atoms with Crippen LogP contribution in [0.4, 0.5) is 5.69 Å². The number of hydrogen-bond donors (Lipinski definition) is 1. The lowest BCUT2D eigenvalue weighted by Gasteiger charge is -2.41. The van der Waals surface area contributed by atoms with E-state index in [1.54, 1.807) is 18.4 Å². The molecule has 0 atom stereocenters. The van der Waals surface area contributed by atoms with Crippen molar-refractivity contribution >= 4 is 23.4 Å². The molecule has 1 aliphatic heterocycles. The number of benzene rings is 1. The van der Waals surface area contributed by atoms with Gasteiger partial charge in [-0.3, -0.25) is 19.8 Å². The monoisotopic (exact) mass is 351 g/mol. The van der Waals surface area contributed by atoms with Crippen LogP contribution in [0.5, 0.6) is 0 Å². The number of carbonyl (C=O) groups excluding carboxylic acids is 1. The highest BCUT2D eigenvalue weighted by Crippen LogP contribution is 2.28. The minimum atomic E-state index is -0.444. The van der Waals surface area contributed by atoms with E-state index in [2.05, 4.69) is 24.1 Å². The fourth-order valence-electron chi connectivity index (χ4n) is 2.98. The number of piperidine rings is 1. The second-order valence-corrected chi connectivity index (χ2v) is 7.53. The summed E-state index contributed by atoms with van der Waals surface area (Å²) in [6, 6.07) is 4.63. The number of amides is 1. The number of nitrogens with one attached hydrogen (secondary N) is 1. The van der Waals surface area contributed by atoms with E-state index in [0.717, 1.165) is 13.1 Å². The molecular weight excluding hydrogens is 326 g/mol. The van der Waals surface area contributed by atoms with E-state index in [1.165, 1.54) is 37.1 Å². The molecule has 0 aliphatic carbocycles. The zero-order valence-corrected chi connectivity index (χ0v) is 15.3. The number of nitro benzene ring substituents is 1. The zero-order chi connectivity index (χ0) is 17.7. The van der Waals surface area contributed by atoms with Gasteiger partial charge >= 0.3 is 0 Å². The molecule has 0 bridgehead atoms. The third kappa shape index (κ3) is 4.48. The SMILES string of the molecule is CSc1ccc(C(=O)NCC(C)(C)N2CCCCC2)cc1[N+](=O)[O-]. The van der Waals surface area contributed by atoms with Crippen LogP contribution in [-0.2, 0) is 0 Å². The van der Waals surface area contributed by atoms with Gasteiger partial charge in [-0.1, -0.05) is 6.42 Å². The van der Waals surface area contributed by atoms with Gasteiger partial charge in [-0.25, -0.2) is 0 Å². The van der Waals surface area contributed by atoms with E-state index in [1.807, 2.05) is 0 Å². The van der Waals surface area contributed by atoms with Crippen molar-refractivity contribution in [3.05, 3.63) is 33.9 Å². The van der Waals surface area contributed by atoms with E-state index in [9.17, 15) is 14.9 Å². The van der Waals surface area contributed by atoms with Gasteiger partial charge in [0.15, 0.2) is 0 Å². The standard InChI is InChI=1S/C17H25N3O3S/c1-17(2,19-9-5-4-6-10-19)12-18-16(21)13-7-8-15(24-3)14(11-13)20(22)23/h7-8,11H,4-6,9-10,12H2,1-3H3,(H,18,21). The zero-order valence-electron chi connectivity index (χ0n) is 14.5. The fraction of sp³-hybridized carbons (Fsp3) is 0.588. The maximum atomic E-state index is 12.4. The van der Waals surface area contributed by atoms with Crippen molar-refractivity contribution in [3.63, 3.8) is 0 Å². The Bertz CT molecular complexity index is 613. The first kappa shape index (κ1) is 18.7. The summed E-state index contributed by atoms with van der Waals surface area (Å²) in [6.45, 7) is 6.87. The second kappa shape index (κ2) is 7.98. The molecule has 0 saturated carbocycles. The molecule has 1 N–H and O–H groups in total. The lowest BCUT2D eigenvalue weighted by Crippen LogP contribution is -2.53. The first-order chi connectivity index (χ1) is 11.3. The minimum Gasteiger partial charge on any atom is -0.350 e. The summed E-state index contributed by atoms with van der Waals surface area (Å²) < 4.78 is 0. The molecular formula is C17H25N3O3S. The number of thioether (sulfide) groups is 1. The average molecular weight is 351 g/mol. The van der Waals surface area contributed by atoms with Crippen LogP contribution in [0.15, 0.2) is 23.1 Å². The van der Waals surface area contributed by atoms with Crippen molar-refractivity contribution in [2.75, 3.05) is 25.9 Å². The van der Waals surface area contributed by atoms with Gasteiger partial charge < -0.3 is 5.32 Å². The summed E-state index contributed by atoms with van der Waals surface area (Å²) in [5.74, 6) is -0.268. The predicted octanol–water partition coefficient (Wildman–Crippen LogP) is 3.31. The maximum Gasteiger partial charge on any atom is 0.283 e. The normalized spacial score (nSPS) is 16.0. The Balaban J connectivity index is 2.04. The second-order valence-electron chi connectivity index (χ2n) is 6.69. The van der Waals surface area contributed by atoms with Gasteiger partial charge in [0.05, 0.1) is 9.82 Å². The topological polar surface area (TPSA) is 75.5 Å². The largest absolute Gasteiger partial charge is 0.350 e. The Morgan fingerprint density at radius 2 is 2.00 bits per heavy atom. The summed E-state index contributed by atoms with van der Waals surface area (Å²) in [4.78, 5) is 26.0. The summed E-state index contributed by atoms with van der Waals surface area (Å²) in [5, 5.41) is 14.1. The van der Waals surface area contributed by atoms with Crippen molar-refractivity contribution in [1.29, 1.82) is 0 Å². The predicted molar refractivity (Wildman–Crippen MR) is 96.7 cm³/mol. The molecule has 0 spiro atoms. The highest BCUT2D eigenvalue weighted by Gasteiger charge is 2.28. The van der Waals surface area contributed by atoms with Crippen LogP contribution in [0, 0.1) is 10.1 Å². The van der Waals surface area contributed by atoms with E-state index >= 15 is 0 Å². The number of nitrogens with zero attached hydrogens (tertiary/aromatic N) is 2. The van der Waals surface area contributed by atoms with Crippen molar-refractivity contribution < 1.29 is 9.72 Å². The van der Waals surface area contributed by atoms with Gasteiger partial charge in [0.2, 0.25) is 0 Å². The molecule has 1 aromatic carbocycles. The van der Waals surface area contributed by atoms with Gasteiger partial charge in [0, 0.05) is 23.7 Å². The van der Waals surface area contributed by atoms with Crippen LogP contribution in [0.1, 0.15) is 43.5 Å². The molecule has 132 valence electrons. The molecule has 0 unspecified atom stereocenters. The number of nitro groups is 1. The lowest BCUT2D eigenvalue weighted by molar-refractivity contribution is -0.387. The van der Waals surface area contributed by atoms with Gasteiger partial charge in [-0.2, -0.15) is 0 Å². The van der Waals surface area contributed by atoms with Gasteiger partial charge in [-0.05, 0) is 58.2 Å². The molecule has 1 amide bonds. The van der Waals surface area contributed by atoms with E-state index < -0.39 is 4.92 Å². The molecule has 6 nitrogen and oxygen atoms in total. The van der Waals surface area contributed by atoms with Crippen LogP contribution in [0.3, 0.4) is 0 Å². The third-order valence-corrected chi connectivity index (χ3v) is 5.32. The van der Waals surface area contributed by atoms with E-state index in [0.29, 0.717) is 17.0 Å². The van der Waals surface area contributed by atoms with Crippen LogP contribution in [-0.4, -0.2) is 47.2 Å². The van der Waals surface area contributed by atoms with E-state index in [-0.39, 0.29) is 17.1 Å². The van der Waals surface area contributed by atoms with E-state index in [4.69, 9.17) is 0 Å². The average Bonchev–Trinajstić information content (AvgIpc) is 2.59. The van der Waals surface area contributed by atoms with Crippen molar-refractivity contribution in [1.82, 2.24) is 10.2 Å². The summed E-state index contributed by atoms with van der Waals surface area (Å²) in [5.41, 5.74) is 0.181. The first-order valence-corrected chi connectivity index (χ1v) is 9.43. The smallest absolute Gasteiger partial charge is 0.283 e. The van der Waals surface area contributed by atoms with Crippen LogP contribution in [0.25, 0.3) is 0 Å². The van der Waals surface area contributed by atoms with Crippen LogP contribution < -0.4 is 5.32 Å². The molecule has 1 heterocycles. The highest BCUT2D eigenvalue weighted by atomic mass is 32.2. The Labute approximate surface area is 147 Å². The quantitative estimate of drug-likeness (QED) is 0.483. The molecule has 1 aromatic rings. The summed E-state index contributed by atoms with van der Waals surface area (Å²) >= 11 is 1.30. The van der Waals surface area contributed by atoms with Crippen molar-refractivity contribution in [2.24, 2.45) is 0 Å². The number of likely N-dealkylation sites (tertiary alicyclic amines) is 1. The van der Waals surface area contributed by atoms with Crippen LogP contribution in [0.2, 0.25) is 0 Å². The molecule has 1 saturated heterocycles. The maximum absolute atomic E-state index is 12.4. The minimum absolute atomic E-state index is 0.0227. The molecule has 0 radical (unpaired) electrons. The Kier molecular flexibility index (Phi) is 6.23. The Hall–Kier alpha value is -1.60. The number of hydrogen-bond acceptors (Lipinski definition) is 5. The van der Waals surface area contributed by atoms with Gasteiger partial charge in [-0.15, -0.1) is 11.8 Å². The van der Waals surface area contributed by atoms with Crippen molar-refractivity contribution in [3.8, 4) is 0 Å². The molecule has 24 heavy (non-hydrogen) atoms. The lowest BCUT2D eigenvalue weighted by atomic mass is 9.98. The summed E-state index contributed by atoms with van der Waals surface area (Å²) in [6.07, 6.45) is 5.44. The molecule has 7 heteroatoms. The van der Waals surface area contributed by atoms with Gasteiger partial charge in [0.25, 0.3) is 11.6 Å². The molecule has 2 rings (SSSR count). The number of rotatable bonds is 6. The molecule has 0 aromatic heterocycles. The van der Waals surface area contributed by atoms with Gasteiger partial charge in [0.1, 0.15) is 0 Å². The third-order valence-electron chi connectivity index (χ3n) is 4.53. The van der Waals surface area contributed by atoms with Crippen molar-refractivity contribution in [2.45, 2.75) is 43.5 Å². The van der Waals surface area contributed by atoms with Crippen LogP contribution >= 0.6 is 11.8 Å². The Morgan fingerprint density at radius 1 is 1.33 bits per heavy atom. The molecule has 1 aliphatic rings.